The van der Waals surface area contributed by atoms with Crippen LogP contribution >= 0.6 is 23.4 Å². The minimum atomic E-state index is -0.442. The molecule has 2 nitrogen and oxygen atoms in total. The average Bonchev–Trinajstić information content (AvgIpc) is 2.79. The molecular weight excluding hydrogens is 311 g/mol. The van der Waals surface area contributed by atoms with E-state index < -0.39 is 5.60 Å². The third kappa shape index (κ3) is 4.89. The summed E-state index contributed by atoms with van der Waals surface area (Å²) in [4.78, 5) is 12.9. The molecule has 0 amide bonds. The molecule has 0 saturated heterocycles. The zero-order valence-corrected chi connectivity index (χ0v) is 14.1. The molecule has 2 unspecified atom stereocenters. The van der Waals surface area contributed by atoms with Gasteiger partial charge in [0.1, 0.15) is 11.4 Å². The normalized spacial score (nSPS) is 22.3. The Morgan fingerprint density at radius 3 is 2.71 bits per heavy atom. The summed E-state index contributed by atoms with van der Waals surface area (Å²) in [6.45, 7) is 5.64. The van der Waals surface area contributed by atoms with Gasteiger partial charge in [-0.1, -0.05) is 11.6 Å². The number of thioether (sulfide) groups is 1. The van der Waals surface area contributed by atoms with Gasteiger partial charge < -0.3 is 4.74 Å². The van der Waals surface area contributed by atoms with Gasteiger partial charge >= 0.3 is 5.97 Å². The van der Waals surface area contributed by atoms with Gasteiger partial charge in [-0.05, 0) is 58.2 Å². The Kier molecular flexibility index (Phi) is 5.20. The predicted octanol–water partition coefficient (Wildman–Crippen LogP) is 5.08. The van der Waals surface area contributed by atoms with Crippen molar-refractivity contribution in [2.24, 2.45) is 5.92 Å². The lowest BCUT2D eigenvalue weighted by molar-refractivity contribution is -0.159. The number of hydrogen-bond donors (Lipinski definition) is 0. The zero-order chi connectivity index (χ0) is 15.6. The SMILES string of the molecule is CC(C)(C)OC(=O)C1CCC(Sc2ccc(F)cc2Cl)C1. The first-order valence-corrected chi connectivity index (χ1v) is 8.35. The Labute approximate surface area is 134 Å². The first-order valence-electron chi connectivity index (χ1n) is 7.09. The molecule has 0 N–H and O–H groups in total. The monoisotopic (exact) mass is 330 g/mol. The van der Waals surface area contributed by atoms with Gasteiger partial charge in [0.15, 0.2) is 0 Å². The summed E-state index contributed by atoms with van der Waals surface area (Å²) < 4.78 is 18.5. The van der Waals surface area contributed by atoms with E-state index in [9.17, 15) is 9.18 Å². The van der Waals surface area contributed by atoms with Gasteiger partial charge in [-0.25, -0.2) is 4.39 Å². The van der Waals surface area contributed by atoms with Crippen molar-refractivity contribution >= 4 is 29.3 Å². The van der Waals surface area contributed by atoms with Crippen LogP contribution in [0.3, 0.4) is 0 Å². The third-order valence-corrected chi connectivity index (χ3v) is 5.11. The first kappa shape index (κ1) is 16.6. The van der Waals surface area contributed by atoms with Crippen LogP contribution in [-0.2, 0) is 9.53 Å². The maximum Gasteiger partial charge on any atom is 0.309 e. The molecule has 116 valence electrons. The van der Waals surface area contributed by atoms with E-state index in [1.807, 2.05) is 20.8 Å². The summed E-state index contributed by atoms with van der Waals surface area (Å²) in [6, 6.07) is 4.43. The van der Waals surface area contributed by atoms with Crippen LogP contribution in [0.1, 0.15) is 40.0 Å². The summed E-state index contributed by atoms with van der Waals surface area (Å²) in [5, 5.41) is 0.756. The van der Waals surface area contributed by atoms with Gasteiger partial charge in [0.2, 0.25) is 0 Å². The molecule has 1 fully saturated rings. The molecule has 2 atom stereocenters. The lowest BCUT2D eigenvalue weighted by Crippen LogP contribution is -2.27. The molecule has 1 aliphatic carbocycles. The molecule has 0 aromatic heterocycles. The van der Waals surface area contributed by atoms with Crippen molar-refractivity contribution in [2.45, 2.75) is 55.8 Å². The van der Waals surface area contributed by atoms with Gasteiger partial charge in [-0.2, -0.15) is 0 Å². The van der Waals surface area contributed by atoms with Gasteiger partial charge in [0.25, 0.3) is 0 Å². The van der Waals surface area contributed by atoms with Crippen molar-refractivity contribution < 1.29 is 13.9 Å². The molecule has 2 rings (SSSR count). The van der Waals surface area contributed by atoms with Gasteiger partial charge in [0, 0.05) is 10.1 Å². The second-order valence-corrected chi connectivity index (χ2v) is 8.11. The highest BCUT2D eigenvalue weighted by Crippen LogP contribution is 2.41. The Bertz CT molecular complexity index is 527. The number of carbonyl (C=O) groups is 1. The van der Waals surface area contributed by atoms with Crippen molar-refractivity contribution in [3.63, 3.8) is 0 Å². The molecule has 1 aromatic carbocycles. The standard InChI is InChI=1S/C16H20ClFO2S/c1-16(2,3)20-15(19)10-4-6-12(8-10)21-14-7-5-11(18)9-13(14)17/h5,7,9-10,12H,4,6,8H2,1-3H3. The maximum absolute atomic E-state index is 13.0. The fourth-order valence-corrected chi connectivity index (χ4v) is 3.96. The van der Waals surface area contributed by atoms with Gasteiger partial charge in [-0.15, -0.1) is 11.8 Å². The first-order chi connectivity index (χ1) is 9.74. The Hall–Kier alpha value is -0.740. The number of halogens is 2. The summed E-state index contributed by atoms with van der Waals surface area (Å²) >= 11 is 7.66. The van der Waals surface area contributed by atoms with Crippen LogP contribution in [-0.4, -0.2) is 16.8 Å². The summed E-state index contributed by atoms with van der Waals surface area (Å²) in [5.41, 5.74) is -0.442. The third-order valence-electron chi connectivity index (χ3n) is 3.31. The molecule has 0 radical (unpaired) electrons. The topological polar surface area (TPSA) is 26.3 Å². The maximum atomic E-state index is 13.0. The molecule has 21 heavy (non-hydrogen) atoms. The van der Waals surface area contributed by atoms with E-state index in [1.165, 1.54) is 12.1 Å². The molecule has 5 heteroatoms. The van der Waals surface area contributed by atoms with Crippen molar-refractivity contribution in [3.05, 3.63) is 29.0 Å². The van der Waals surface area contributed by atoms with Crippen LogP contribution in [0, 0.1) is 11.7 Å². The Balaban J connectivity index is 1.92. The number of benzene rings is 1. The van der Waals surface area contributed by atoms with E-state index in [1.54, 1.807) is 17.8 Å². The van der Waals surface area contributed by atoms with Gasteiger partial charge in [-0.3, -0.25) is 4.79 Å². The van der Waals surface area contributed by atoms with E-state index in [-0.39, 0.29) is 17.7 Å². The average molecular weight is 331 g/mol. The Morgan fingerprint density at radius 2 is 2.10 bits per heavy atom. The lowest BCUT2D eigenvalue weighted by Gasteiger charge is -2.22. The van der Waals surface area contributed by atoms with E-state index in [0.717, 1.165) is 24.2 Å². The lowest BCUT2D eigenvalue weighted by atomic mass is 10.1. The van der Waals surface area contributed by atoms with Crippen molar-refractivity contribution in [2.75, 3.05) is 0 Å². The number of rotatable bonds is 3. The van der Waals surface area contributed by atoms with Gasteiger partial charge in [0.05, 0.1) is 10.9 Å². The van der Waals surface area contributed by atoms with Crippen LogP contribution < -0.4 is 0 Å². The molecule has 0 aliphatic heterocycles. The van der Waals surface area contributed by atoms with E-state index in [4.69, 9.17) is 16.3 Å². The highest BCUT2D eigenvalue weighted by Gasteiger charge is 2.33. The second-order valence-electron chi connectivity index (χ2n) is 6.36. The van der Waals surface area contributed by atoms with Crippen molar-refractivity contribution in [1.82, 2.24) is 0 Å². The number of carbonyl (C=O) groups excluding carboxylic acids is 1. The van der Waals surface area contributed by atoms with Crippen molar-refractivity contribution in [1.29, 1.82) is 0 Å². The van der Waals surface area contributed by atoms with Crippen LogP contribution in [0.2, 0.25) is 5.02 Å². The zero-order valence-electron chi connectivity index (χ0n) is 12.5. The van der Waals surface area contributed by atoms with Crippen LogP contribution in [0.4, 0.5) is 4.39 Å². The summed E-state index contributed by atoms with van der Waals surface area (Å²) in [7, 11) is 0. The van der Waals surface area contributed by atoms with Crippen LogP contribution in [0.15, 0.2) is 23.1 Å². The van der Waals surface area contributed by atoms with E-state index in [2.05, 4.69) is 0 Å². The molecule has 1 aromatic rings. The second kappa shape index (κ2) is 6.57. The molecular formula is C16H20ClFO2S. The minimum absolute atomic E-state index is 0.0408. The smallest absolute Gasteiger partial charge is 0.309 e. The summed E-state index contributed by atoms with van der Waals surface area (Å²) in [5.74, 6) is -0.487. The Morgan fingerprint density at radius 1 is 1.38 bits per heavy atom. The fraction of sp³-hybridized carbons (Fsp3) is 0.562. The molecule has 1 saturated carbocycles. The number of ether oxygens (including phenoxy) is 1. The van der Waals surface area contributed by atoms with Crippen molar-refractivity contribution in [3.8, 4) is 0 Å². The number of esters is 1. The largest absolute Gasteiger partial charge is 0.460 e. The fourth-order valence-electron chi connectivity index (χ4n) is 2.40. The van der Waals surface area contributed by atoms with E-state index in [0.29, 0.717) is 10.3 Å². The minimum Gasteiger partial charge on any atom is -0.460 e. The quantitative estimate of drug-likeness (QED) is 0.723. The predicted molar refractivity (Wildman–Crippen MR) is 84.2 cm³/mol. The highest BCUT2D eigenvalue weighted by atomic mass is 35.5. The highest BCUT2D eigenvalue weighted by molar-refractivity contribution is 8.00. The van der Waals surface area contributed by atoms with Crippen LogP contribution in [0.5, 0.6) is 0 Å². The molecule has 0 spiro atoms. The number of hydrogen-bond acceptors (Lipinski definition) is 3. The molecule has 1 aliphatic rings. The van der Waals surface area contributed by atoms with Crippen LogP contribution in [0.25, 0.3) is 0 Å². The molecule has 0 bridgehead atoms. The molecule has 0 heterocycles. The van der Waals surface area contributed by atoms with E-state index >= 15 is 0 Å². The summed E-state index contributed by atoms with van der Waals surface area (Å²) in [6.07, 6.45) is 2.57.